The second kappa shape index (κ2) is 7.93. The van der Waals surface area contributed by atoms with E-state index >= 15 is 0 Å². The molecule has 10 heteroatoms. The van der Waals surface area contributed by atoms with Crippen LogP contribution in [0.2, 0.25) is 0 Å². The standard InChI is InChI=1S/C18H15F3N4O2S/c1-10-15(13-6-8-22-17(25-13)23-9-7-14(26)27)28-16(24-10)11-2-4-12(5-3-11)18(19,20)21/h2-6,8H,7,9H2,1H3,(H,26,27)(H,22,23,25). The molecule has 3 aromatic rings. The first kappa shape index (κ1) is 19.7. The minimum atomic E-state index is -4.38. The summed E-state index contributed by atoms with van der Waals surface area (Å²) in [6, 6.07) is 6.54. The molecule has 0 aliphatic rings. The van der Waals surface area contributed by atoms with Gasteiger partial charge in [0, 0.05) is 18.3 Å². The number of rotatable bonds is 6. The van der Waals surface area contributed by atoms with Gasteiger partial charge in [0.2, 0.25) is 5.95 Å². The fraction of sp³-hybridized carbons (Fsp3) is 0.222. The van der Waals surface area contributed by atoms with Crippen molar-refractivity contribution in [2.75, 3.05) is 11.9 Å². The zero-order chi connectivity index (χ0) is 20.3. The Morgan fingerprint density at radius 3 is 2.54 bits per heavy atom. The number of carboxylic acid groups (broad SMARTS) is 1. The first-order chi connectivity index (χ1) is 13.2. The molecule has 0 aliphatic carbocycles. The number of carboxylic acids is 1. The molecule has 6 nitrogen and oxygen atoms in total. The average Bonchev–Trinajstić information content (AvgIpc) is 3.03. The van der Waals surface area contributed by atoms with Crippen LogP contribution in [0, 0.1) is 6.92 Å². The van der Waals surface area contributed by atoms with Gasteiger partial charge in [0.15, 0.2) is 0 Å². The lowest BCUT2D eigenvalue weighted by molar-refractivity contribution is -0.138. The van der Waals surface area contributed by atoms with Crippen LogP contribution in [0.4, 0.5) is 19.1 Å². The maximum absolute atomic E-state index is 12.7. The van der Waals surface area contributed by atoms with E-state index in [1.54, 1.807) is 19.2 Å². The number of aliphatic carboxylic acids is 1. The summed E-state index contributed by atoms with van der Waals surface area (Å²) in [7, 11) is 0. The predicted octanol–water partition coefficient (Wildman–Crippen LogP) is 4.48. The number of halogens is 3. The van der Waals surface area contributed by atoms with Crippen molar-refractivity contribution < 1.29 is 23.1 Å². The summed E-state index contributed by atoms with van der Waals surface area (Å²) in [6.45, 7) is 1.98. The van der Waals surface area contributed by atoms with Crippen LogP contribution in [0.5, 0.6) is 0 Å². The van der Waals surface area contributed by atoms with Crippen molar-refractivity contribution in [3.05, 3.63) is 47.8 Å². The highest BCUT2D eigenvalue weighted by Crippen LogP contribution is 2.36. The third kappa shape index (κ3) is 4.63. The molecule has 2 aromatic heterocycles. The maximum Gasteiger partial charge on any atom is 0.416 e. The Kier molecular flexibility index (Phi) is 5.59. The van der Waals surface area contributed by atoms with Crippen molar-refractivity contribution in [1.29, 1.82) is 0 Å². The number of alkyl halides is 3. The molecule has 0 saturated carbocycles. The molecule has 2 N–H and O–H groups in total. The van der Waals surface area contributed by atoms with Gasteiger partial charge in [-0.05, 0) is 25.1 Å². The molecule has 0 atom stereocenters. The van der Waals surface area contributed by atoms with E-state index < -0.39 is 17.7 Å². The smallest absolute Gasteiger partial charge is 0.416 e. The molecule has 0 fully saturated rings. The Balaban J connectivity index is 1.83. The molecule has 0 radical (unpaired) electrons. The third-order valence-electron chi connectivity index (χ3n) is 3.77. The van der Waals surface area contributed by atoms with Crippen LogP contribution < -0.4 is 5.32 Å². The molecule has 0 unspecified atom stereocenters. The molecule has 3 rings (SSSR count). The number of aryl methyl sites for hydroxylation is 1. The topological polar surface area (TPSA) is 88.0 Å². The quantitative estimate of drug-likeness (QED) is 0.625. The average molecular weight is 408 g/mol. The zero-order valence-electron chi connectivity index (χ0n) is 14.6. The number of hydrogen-bond donors (Lipinski definition) is 2. The van der Waals surface area contributed by atoms with Crippen molar-refractivity contribution in [2.24, 2.45) is 0 Å². The first-order valence-corrected chi connectivity index (χ1v) is 9.00. The number of aromatic nitrogens is 3. The lowest BCUT2D eigenvalue weighted by Crippen LogP contribution is -2.09. The summed E-state index contributed by atoms with van der Waals surface area (Å²) >= 11 is 1.31. The molecule has 0 spiro atoms. The van der Waals surface area contributed by atoms with E-state index in [-0.39, 0.29) is 13.0 Å². The van der Waals surface area contributed by atoms with Gasteiger partial charge >= 0.3 is 12.1 Å². The molecule has 0 bridgehead atoms. The number of carbonyl (C=O) groups is 1. The van der Waals surface area contributed by atoms with E-state index in [1.165, 1.54) is 23.5 Å². The zero-order valence-corrected chi connectivity index (χ0v) is 15.4. The van der Waals surface area contributed by atoms with Gasteiger partial charge in [0.25, 0.3) is 0 Å². The van der Waals surface area contributed by atoms with Gasteiger partial charge < -0.3 is 10.4 Å². The van der Waals surface area contributed by atoms with E-state index in [0.717, 1.165) is 17.0 Å². The second-order valence-corrected chi connectivity index (χ2v) is 6.84. The molecule has 146 valence electrons. The number of anilines is 1. The molecule has 28 heavy (non-hydrogen) atoms. The number of thiazole rings is 1. The minimum Gasteiger partial charge on any atom is -0.481 e. The number of nitrogens with zero attached hydrogens (tertiary/aromatic N) is 3. The third-order valence-corrected chi connectivity index (χ3v) is 4.99. The largest absolute Gasteiger partial charge is 0.481 e. The molecular weight excluding hydrogens is 393 g/mol. The molecule has 2 heterocycles. The van der Waals surface area contributed by atoms with Crippen molar-refractivity contribution in [3.63, 3.8) is 0 Å². The molecule has 0 aliphatic heterocycles. The van der Waals surface area contributed by atoms with Crippen LogP contribution in [0.1, 0.15) is 17.7 Å². The van der Waals surface area contributed by atoms with Crippen molar-refractivity contribution in [1.82, 2.24) is 15.0 Å². The summed E-state index contributed by atoms with van der Waals surface area (Å²) in [5.74, 6) is -0.634. The SMILES string of the molecule is Cc1nc(-c2ccc(C(F)(F)F)cc2)sc1-c1ccnc(NCCC(=O)O)n1. The molecule has 0 amide bonds. The second-order valence-electron chi connectivity index (χ2n) is 5.84. The highest BCUT2D eigenvalue weighted by atomic mass is 32.1. The van der Waals surface area contributed by atoms with Crippen LogP contribution in [0.15, 0.2) is 36.5 Å². The van der Waals surface area contributed by atoms with Crippen LogP contribution in [-0.2, 0) is 11.0 Å². The summed E-state index contributed by atoms with van der Waals surface area (Å²) < 4.78 is 38.1. The highest BCUT2D eigenvalue weighted by molar-refractivity contribution is 7.18. The predicted molar refractivity (Wildman–Crippen MR) is 99.1 cm³/mol. The summed E-state index contributed by atoms with van der Waals surface area (Å²) in [5.41, 5.74) is 1.16. The Labute approximate surface area is 162 Å². The Bertz CT molecular complexity index is 987. The van der Waals surface area contributed by atoms with E-state index in [0.29, 0.717) is 27.9 Å². The maximum atomic E-state index is 12.7. The summed E-state index contributed by atoms with van der Waals surface area (Å²) in [6.07, 6.45) is -2.90. The Hall–Kier alpha value is -3.01. The Morgan fingerprint density at radius 1 is 1.18 bits per heavy atom. The summed E-state index contributed by atoms with van der Waals surface area (Å²) in [4.78, 5) is 24.2. The van der Waals surface area contributed by atoms with Crippen LogP contribution in [-0.4, -0.2) is 32.6 Å². The highest BCUT2D eigenvalue weighted by Gasteiger charge is 2.30. The van der Waals surface area contributed by atoms with Gasteiger partial charge in [-0.2, -0.15) is 13.2 Å². The van der Waals surface area contributed by atoms with E-state index in [1.807, 2.05) is 0 Å². The van der Waals surface area contributed by atoms with E-state index in [4.69, 9.17) is 5.11 Å². The van der Waals surface area contributed by atoms with Gasteiger partial charge in [0.05, 0.1) is 28.2 Å². The van der Waals surface area contributed by atoms with Gasteiger partial charge in [-0.3, -0.25) is 4.79 Å². The van der Waals surface area contributed by atoms with Gasteiger partial charge in [0.1, 0.15) is 5.01 Å². The fourth-order valence-electron chi connectivity index (χ4n) is 2.41. The monoisotopic (exact) mass is 408 g/mol. The Morgan fingerprint density at radius 2 is 1.89 bits per heavy atom. The molecule has 1 aromatic carbocycles. The van der Waals surface area contributed by atoms with Crippen molar-refractivity contribution in [2.45, 2.75) is 19.5 Å². The number of hydrogen-bond acceptors (Lipinski definition) is 6. The normalized spacial score (nSPS) is 11.4. The summed E-state index contributed by atoms with van der Waals surface area (Å²) in [5, 5.41) is 12.1. The first-order valence-electron chi connectivity index (χ1n) is 8.18. The molecular formula is C18H15F3N4O2S. The van der Waals surface area contributed by atoms with Crippen molar-refractivity contribution in [3.8, 4) is 21.1 Å². The number of nitrogens with one attached hydrogen (secondary N) is 1. The van der Waals surface area contributed by atoms with Gasteiger partial charge in [-0.1, -0.05) is 12.1 Å². The number of benzene rings is 1. The lowest BCUT2D eigenvalue weighted by atomic mass is 10.1. The minimum absolute atomic E-state index is 0.0642. The van der Waals surface area contributed by atoms with Gasteiger partial charge in [-0.15, -0.1) is 11.3 Å². The fourth-order valence-corrected chi connectivity index (χ4v) is 3.45. The van der Waals surface area contributed by atoms with Gasteiger partial charge in [-0.25, -0.2) is 15.0 Å². The lowest BCUT2D eigenvalue weighted by Gasteiger charge is -2.06. The van der Waals surface area contributed by atoms with E-state index in [2.05, 4.69) is 20.3 Å². The molecule has 0 saturated heterocycles. The van der Waals surface area contributed by atoms with E-state index in [9.17, 15) is 18.0 Å². The van der Waals surface area contributed by atoms with Crippen LogP contribution in [0.3, 0.4) is 0 Å². The van der Waals surface area contributed by atoms with Crippen LogP contribution in [0.25, 0.3) is 21.1 Å². The van der Waals surface area contributed by atoms with Crippen LogP contribution >= 0.6 is 11.3 Å². The van der Waals surface area contributed by atoms with Crippen molar-refractivity contribution >= 4 is 23.3 Å².